The molecule has 1 aromatic carbocycles. The third-order valence-electron chi connectivity index (χ3n) is 3.61. The molecule has 0 atom stereocenters. The van der Waals surface area contributed by atoms with Crippen LogP contribution in [0.5, 0.6) is 0 Å². The zero-order chi connectivity index (χ0) is 14.8. The topological polar surface area (TPSA) is 44.1 Å². The molecule has 0 unspecified atom stereocenters. The number of piperidine rings is 1. The molecule has 0 spiro atoms. The molecule has 6 heteroatoms. The van der Waals surface area contributed by atoms with Crippen LogP contribution in [0.15, 0.2) is 18.2 Å². The van der Waals surface area contributed by atoms with Gasteiger partial charge in [-0.3, -0.25) is 4.79 Å². The summed E-state index contributed by atoms with van der Waals surface area (Å²) in [6.07, 6.45) is 3.09. The van der Waals surface area contributed by atoms with E-state index in [2.05, 4.69) is 6.07 Å². The highest BCUT2D eigenvalue weighted by atomic mass is 35.5. The normalized spacial score (nSPS) is 17.6. The first-order valence-electron chi connectivity index (χ1n) is 6.22. The van der Waals surface area contributed by atoms with Crippen molar-refractivity contribution in [3.63, 3.8) is 0 Å². The van der Waals surface area contributed by atoms with Gasteiger partial charge in [-0.2, -0.15) is 5.26 Å². The smallest absolute Gasteiger partial charge is 0.256 e. The fraction of sp³-hybridized carbons (Fsp3) is 0.429. The Morgan fingerprint density at radius 2 is 2.15 bits per heavy atom. The first kappa shape index (κ1) is 15.1. The molecule has 1 amide bonds. The van der Waals surface area contributed by atoms with E-state index in [1.807, 2.05) is 6.26 Å². The number of rotatable bonds is 2. The maximum absolute atomic E-state index is 13.7. The first-order chi connectivity index (χ1) is 9.51. The van der Waals surface area contributed by atoms with Crippen molar-refractivity contribution in [3.8, 4) is 6.07 Å². The number of hydrogen-bond acceptors (Lipinski definition) is 3. The van der Waals surface area contributed by atoms with Crippen molar-refractivity contribution in [1.82, 2.24) is 4.90 Å². The highest BCUT2D eigenvalue weighted by molar-refractivity contribution is 8.00. The summed E-state index contributed by atoms with van der Waals surface area (Å²) < 4.78 is 13.3. The van der Waals surface area contributed by atoms with Crippen molar-refractivity contribution < 1.29 is 9.18 Å². The standard InChI is InChI=1S/C14H14ClFN2OS/c1-20-14(9-17)4-6-18(7-5-14)13(19)11-8-10(15)2-3-12(11)16/h2-3,8H,4-7H2,1H3. The van der Waals surface area contributed by atoms with Gasteiger partial charge in [0.2, 0.25) is 0 Å². The fourth-order valence-electron chi connectivity index (χ4n) is 2.26. The quantitative estimate of drug-likeness (QED) is 0.841. The van der Waals surface area contributed by atoms with Crippen LogP contribution in [-0.2, 0) is 0 Å². The number of amides is 1. The predicted octanol–water partition coefficient (Wildman–Crippen LogP) is 3.34. The van der Waals surface area contributed by atoms with Crippen molar-refractivity contribution in [3.05, 3.63) is 34.6 Å². The average molecular weight is 313 g/mol. The van der Waals surface area contributed by atoms with Gasteiger partial charge in [0.05, 0.1) is 11.6 Å². The van der Waals surface area contributed by atoms with Crippen molar-refractivity contribution >= 4 is 29.3 Å². The van der Waals surface area contributed by atoms with E-state index in [0.717, 1.165) is 0 Å². The van der Waals surface area contributed by atoms with E-state index in [1.54, 1.807) is 4.90 Å². The molecule has 1 aliphatic heterocycles. The maximum Gasteiger partial charge on any atom is 0.256 e. The van der Waals surface area contributed by atoms with Crippen LogP contribution in [-0.4, -0.2) is 34.9 Å². The Morgan fingerprint density at radius 1 is 1.50 bits per heavy atom. The van der Waals surface area contributed by atoms with E-state index in [0.29, 0.717) is 31.0 Å². The van der Waals surface area contributed by atoms with Gasteiger partial charge in [0.15, 0.2) is 0 Å². The van der Waals surface area contributed by atoms with Crippen LogP contribution in [0.3, 0.4) is 0 Å². The molecular formula is C14H14ClFN2OS. The van der Waals surface area contributed by atoms with Crippen LogP contribution in [0.25, 0.3) is 0 Å². The fourth-order valence-corrected chi connectivity index (χ4v) is 3.12. The van der Waals surface area contributed by atoms with Gasteiger partial charge in [0, 0.05) is 18.1 Å². The molecule has 0 aromatic heterocycles. The van der Waals surface area contributed by atoms with E-state index in [9.17, 15) is 14.4 Å². The summed E-state index contributed by atoms with van der Waals surface area (Å²) in [5, 5.41) is 9.55. The Balaban J connectivity index is 2.13. The van der Waals surface area contributed by atoms with Crippen molar-refractivity contribution in [2.24, 2.45) is 0 Å². The van der Waals surface area contributed by atoms with Crippen LogP contribution < -0.4 is 0 Å². The van der Waals surface area contributed by atoms with Crippen molar-refractivity contribution in [2.75, 3.05) is 19.3 Å². The zero-order valence-electron chi connectivity index (χ0n) is 11.0. The van der Waals surface area contributed by atoms with E-state index >= 15 is 0 Å². The van der Waals surface area contributed by atoms with E-state index < -0.39 is 10.6 Å². The van der Waals surface area contributed by atoms with E-state index in [-0.39, 0.29) is 11.5 Å². The van der Waals surface area contributed by atoms with Gasteiger partial charge in [-0.15, -0.1) is 11.8 Å². The number of hydrogen-bond donors (Lipinski definition) is 0. The summed E-state index contributed by atoms with van der Waals surface area (Å²) in [5.74, 6) is -0.931. The third-order valence-corrected chi connectivity index (χ3v) is 5.13. The van der Waals surface area contributed by atoms with Crippen LogP contribution in [0, 0.1) is 17.1 Å². The van der Waals surface area contributed by atoms with Gasteiger partial charge in [-0.05, 0) is 37.3 Å². The molecule has 1 saturated heterocycles. The molecule has 3 nitrogen and oxygen atoms in total. The Labute approximate surface area is 126 Å². The summed E-state index contributed by atoms with van der Waals surface area (Å²) in [5.41, 5.74) is -0.00823. The summed E-state index contributed by atoms with van der Waals surface area (Å²) in [4.78, 5) is 13.9. The molecule has 0 bridgehead atoms. The number of nitrogens with zero attached hydrogens (tertiary/aromatic N) is 2. The zero-order valence-corrected chi connectivity index (χ0v) is 12.6. The van der Waals surface area contributed by atoms with Gasteiger partial charge >= 0.3 is 0 Å². The second-order valence-electron chi connectivity index (χ2n) is 4.73. The predicted molar refractivity (Wildman–Crippen MR) is 78.4 cm³/mol. The van der Waals surface area contributed by atoms with Gasteiger partial charge in [0.25, 0.3) is 5.91 Å². The van der Waals surface area contributed by atoms with E-state index in [4.69, 9.17) is 11.6 Å². The molecule has 0 saturated carbocycles. The molecule has 0 aliphatic carbocycles. The van der Waals surface area contributed by atoms with E-state index in [1.165, 1.54) is 30.0 Å². The number of likely N-dealkylation sites (tertiary alicyclic amines) is 1. The lowest BCUT2D eigenvalue weighted by atomic mass is 9.96. The molecule has 1 fully saturated rings. The van der Waals surface area contributed by atoms with Gasteiger partial charge in [-0.25, -0.2) is 4.39 Å². The van der Waals surface area contributed by atoms with Crippen molar-refractivity contribution in [1.29, 1.82) is 5.26 Å². The number of thioether (sulfide) groups is 1. The number of nitriles is 1. The van der Waals surface area contributed by atoms with Crippen LogP contribution in [0.2, 0.25) is 5.02 Å². The van der Waals surface area contributed by atoms with Crippen LogP contribution >= 0.6 is 23.4 Å². The molecule has 1 aromatic rings. The Bertz CT molecular complexity index is 565. The highest BCUT2D eigenvalue weighted by Crippen LogP contribution is 2.34. The van der Waals surface area contributed by atoms with Crippen LogP contribution in [0.4, 0.5) is 4.39 Å². The van der Waals surface area contributed by atoms with Gasteiger partial charge in [0.1, 0.15) is 10.6 Å². The lowest BCUT2D eigenvalue weighted by Crippen LogP contribution is -2.44. The largest absolute Gasteiger partial charge is 0.338 e. The molecule has 0 radical (unpaired) electrons. The Hall–Kier alpha value is -1.25. The maximum atomic E-state index is 13.7. The summed E-state index contributed by atoms with van der Waals surface area (Å²) >= 11 is 7.32. The summed E-state index contributed by atoms with van der Waals surface area (Å²) in [6, 6.07) is 6.27. The molecule has 20 heavy (non-hydrogen) atoms. The second kappa shape index (κ2) is 6.02. The molecule has 106 valence electrons. The molecular weight excluding hydrogens is 299 g/mol. The van der Waals surface area contributed by atoms with Crippen LogP contribution in [0.1, 0.15) is 23.2 Å². The second-order valence-corrected chi connectivity index (χ2v) is 6.35. The third kappa shape index (κ3) is 2.92. The van der Waals surface area contributed by atoms with Crippen molar-refractivity contribution in [2.45, 2.75) is 17.6 Å². The van der Waals surface area contributed by atoms with Gasteiger partial charge < -0.3 is 4.90 Å². The number of carbonyl (C=O) groups is 1. The van der Waals surface area contributed by atoms with Gasteiger partial charge in [-0.1, -0.05) is 11.6 Å². The minimum absolute atomic E-state index is 0.00823. The lowest BCUT2D eigenvalue weighted by molar-refractivity contribution is 0.0712. The minimum Gasteiger partial charge on any atom is -0.338 e. The Kier molecular flexibility index (Phi) is 4.56. The number of carbonyl (C=O) groups excluding carboxylic acids is 1. The minimum atomic E-state index is -0.568. The number of benzene rings is 1. The lowest BCUT2D eigenvalue weighted by Gasteiger charge is -2.36. The molecule has 1 aliphatic rings. The molecule has 0 N–H and O–H groups in total. The average Bonchev–Trinajstić information content (AvgIpc) is 2.49. The SMILES string of the molecule is CSC1(C#N)CCN(C(=O)c2cc(Cl)ccc2F)CC1. The molecule has 1 heterocycles. The number of halogens is 2. The summed E-state index contributed by atoms with van der Waals surface area (Å²) in [6.45, 7) is 0.915. The Morgan fingerprint density at radius 3 is 2.70 bits per heavy atom. The monoisotopic (exact) mass is 312 g/mol. The highest BCUT2D eigenvalue weighted by Gasteiger charge is 2.36. The first-order valence-corrected chi connectivity index (χ1v) is 7.82. The summed E-state index contributed by atoms with van der Waals surface area (Å²) in [7, 11) is 0. The molecule has 2 rings (SSSR count).